The average molecular weight is 459 g/mol. The van der Waals surface area contributed by atoms with Crippen LogP contribution < -0.4 is 4.18 Å². The zero-order valence-electron chi connectivity index (χ0n) is 17.9. The van der Waals surface area contributed by atoms with E-state index in [0.717, 1.165) is 29.0 Å². The van der Waals surface area contributed by atoms with E-state index in [1.807, 2.05) is 30.1 Å². The molecule has 7 heteroatoms. The molecule has 0 bridgehead atoms. The van der Waals surface area contributed by atoms with E-state index in [1.165, 1.54) is 37.1 Å². The minimum atomic E-state index is -3.51. The van der Waals surface area contributed by atoms with Gasteiger partial charge in [0.25, 0.3) is 0 Å². The Hall–Kier alpha value is -1.96. The number of thioether (sulfide) groups is 1. The smallest absolute Gasteiger partial charge is 0.308 e. The van der Waals surface area contributed by atoms with Crippen LogP contribution in [0.15, 0.2) is 54.7 Å². The van der Waals surface area contributed by atoms with Crippen molar-refractivity contribution in [2.24, 2.45) is 0 Å². The predicted molar refractivity (Wildman–Crippen MR) is 129 cm³/mol. The number of nitrogens with zero attached hydrogens (tertiary/aromatic N) is 1. The number of aromatic amines is 1. The number of hydrogen-bond acceptors (Lipinski definition) is 5. The van der Waals surface area contributed by atoms with Crippen LogP contribution in [0.4, 0.5) is 0 Å². The third-order valence-corrected chi connectivity index (χ3v) is 8.12. The van der Waals surface area contributed by atoms with Crippen LogP contribution in [-0.2, 0) is 15.9 Å². The van der Waals surface area contributed by atoms with E-state index in [4.69, 9.17) is 4.18 Å². The zero-order valence-corrected chi connectivity index (χ0v) is 19.6. The Balaban J connectivity index is 1.25. The lowest BCUT2D eigenvalue weighted by atomic mass is 9.89. The minimum absolute atomic E-state index is 0.0382. The van der Waals surface area contributed by atoms with Gasteiger partial charge in [-0.05, 0) is 68.1 Å². The molecule has 31 heavy (non-hydrogen) atoms. The number of fused-ring (bicyclic) bond motifs is 1. The maximum atomic E-state index is 11.8. The van der Waals surface area contributed by atoms with Gasteiger partial charge in [0.1, 0.15) is 5.75 Å². The van der Waals surface area contributed by atoms with Crippen LogP contribution in [0.25, 0.3) is 10.9 Å². The lowest BCUT2D eigenvalue weighted by Gasteiger charge is -2.32. The highest BCUT2D eigenvalue weighted by Crippen LogP contribution is 2.29. The summed E-state index contributed by atoms with van der Waals surface area (Å²) in [5.41, 5.74) is 3.66. The van der Waals surface area contributed by atoms with Crippen LogP contribution in [0.5, 0.6) is 5.75 Å². The van der Waals surface area contributed by atoms with Crippen LogP contribution in [0, 0.1) is 0 Å². The van der Waals surface area contributed by atoms with Crippen LogP contribution in [0.3, 0.4) is 0 Å². The summed E-state index contributed by atoms with van der Waals surface area (Å²) in [6.07, 6.45) is 4.49. The van der Waals surface area contributed by atoms with Crippen molar-refractivity contribution in [2.75, 3.05) is 31.1 Å². The average Bonchev–Trinajstić information content (AvgIpc) is 3.20. The molecule has 0 aliphatic carbocycles. The van der Waals surface area contributed by atoms with Gasteiger partial charge in [-0.3, -0.25) is 0 Å². The van der Waals surface area contributed by atoms with Crippen molar-refractivity contribution in [2.45, 2.75) is 31.4 Å². The molecule has 0 amide bonds. The fourth-order valence-electron chi connectivity index (χ4n) is 4.13. The SMILES string of the molecule is CCS(=O)(=O)Oc1ccc2[nH]cc(CSCCN3CCC(c4ccccc4)CC3)c2c1. The molecule has 0 radical (unpaired) electrons. The van der Waals surface area contributed by atoms with Crippen molar-refractivity contribution in [1.82, 2.24) is 9.88 Å². The second-order valence-electron chi connectivity index (χ2n) is 8.03. The third kappa shape index (κ3) is 5.84. The highest BCUT2D eigenvalue weighted by molar-refractivity contribution is 7.98. The van der Waals surface area contributed by atoms with Crippen molar-refractivity contribution < 1.29 is 12.6 Å². The van der Waals surface area contributed by atoms with Gasteiger partial charge in [-0.2, -0.15) is 20.2 Å². The zero-order chi connectivity index (χ0) is 21.7. The summed E-state index contributed by atoms with van der Waals surface area (Å²) in [5.74, 6) is 3.02. The Bertz CT molecular complexity index is 1090. The van der Waals surface area contributed by atoms with E-state index in [2.05, 4.69) is 40.2 Å². The van der Waals surface area contributed by atoms with Gasteiger partial charge in [0, 0.05) is 35.2 Å². The molecule has 0 unspecified atom stereocenters. The second kappa shape index (κ2) is 10.1. The fourth-order valence-corrected chi connectivity index (χ4v) is 5.63. The van der Waals surface area contributed by atoms with Gasteiger partial charge in [0.2, 0.25) is 0 Å². The van der Waals surface area contributed by atoms with Gasteiger partial charge in [-0.15, -0.1) is 0 Å². The Morgan fingerprint density at radius 3 is 2.65 bits per heavy atom. The lowest BCUT2D eigenvalue weighted by Crippen LogP contribution is -2.34. The Morgan fingerprint density at radius 1 is 1.13 bits per heavy atom. The number of hydrogen-bond donors (Lipinski definition) is 1. The van der Waals surface area contributed by atoms with Gasteiger partial charge in [0.15, 0.2) is 0 Å². The monoisotopic (exact) mass is 458 g/mol. The molecule has 3 aromatic rings. The van der Waals surface area contributed by atoms with E-state index in [9.17, 15) is 8.42 Å². The van der Waals surface area contributed by atoms with E-state index in [0.29, 0.717) is 11.7 Å². The van der Waals surface area contributed by atoms with Crippen molar-refractivity contribution >= 4 is 32.8 Å². The number of rotatable bonds is 9. The molecular weight excluding hydrogens is 428 g/mol. The first kappa shape index (κ1) is 22.2. The maximum absolute atomic E-state index is 11.8. The Morgan fingerprint density at radius 2 is 1.90 bits per heavy atom. The Kier molecular flexibility index (Phi) is 7.25. The highest BCUT2D eigenvalue weighted by Gasteiger charge is 2.20. The molecule has 0 atom stereocenters. The molecule has 1 aliphatic rings. The molecule has 1 fully saturated rings. The first-order chi connectivity index (χ1) is 15.0. The van der Waals surface area contributed by atoms with Gasteiger partial charge in [0.05, 0.1) is 5.75 Å². The summed E-state index contributed by atoms with van der Waals surface area (Å²) in [4.78, 5) is 5.85. The summed E-state index contributed by atoms with van der Waals surface area (Å²) in [5, 5.41) is 1.03. The molecule has 4 rings (SSSR count). The van der Waals surface area contributed by atoms with E-state index in [-0.39, 0.29) is 5.75 Å². The molecule has 0 spiro atoms. The molecule has 166 valence electrons. The largest absolute Gasteiger partial charge is 0.382 e. The van der Waals surface area contributed by atoms with E-state index < -0.39 is 10.1 Å². The van der Waals surface area contributed by atoms with Crippen molar-refractivity contribution in [3.63, 3.8) is 0 Å². The van der Waals surface area contributed by atoms with Crippen LogP contribution in [0.2, 0.25) is 0 Å². The van der Waals surface area contributed by atoms with E-state index in [1.54, 1.807) is 13.0 Å². The predicted octanol–water partition coefficient (Wildman–Crippen LogP) is 5.01. The molecule has 1 saturated heterocycles. The molecule has 2 heterocycles. The third-order valence-electron chi connectivity index (χ3n) is 5.98. The normalized spacial score (nSPS) is 16.0. The first-order valence-electron chi connectivity index (χ1n) is 10.9. The fraction of sp³-hybridized carbons (Fsp3) is 0.417. The number of likely N-dealkylation sites (tertiary alicyclic amines) is 1. The number of piperidine rings is 1. The van der Waals surface area contributed by atoms with Crippen LogP contribution >= 0.6 is 11.8 Å². The standard InChI is InChI=1S/C24H30N2O3S2/c1-2-31(27,28)29-22-8-9-24-23(16-22)21(17-25-24)18-30-15-14-26-12-10-20(11-13-26)19-6-4-3-5-7-19/h3-9,16-17,20,25H,2,10-15,18H2,1H3. The van der Waals surface area contributed by atoms with Crippen molar-refractivity contribution in [1.29, 1.82) is 0 Å². The first-order valence-corrected chi connectivity index (χ1v) is 13.6. The molecule has 2 aromatic carbocycles. The van der Waals surface area contributed by atoms with Crippen LogP contribution in [-0.4, -0.2) is 49.4 Å². The molecule has 0 saturated carbocycles. The molecule has 1 N–H and O–H groups in total. The van der Waals surface area contributed by atoms with Gasteiger partial charge in [-0.1, -0.05) is 30.3 Å². The van der Waals surface area contributed by atoms with Crippen LogP contribution in [0.1, 0.15) is 36.8 Å². The number of nitrogens with one attached hydrogen (secondary N) is 1. The molecule has 1 aromatic heterocycles. The van der Waals surface area contributed by atoms with Crippen molar-refractivity contribution in [3.8, 4) is 5.75 Å². The summed E-state index contributed by atoms with van der Waals surface area (Å²) in [6, 6.07) is 16.3. The lowest BCUT2D eigenvalue weighted by molar-refractivity contribution is 0.224. The summed E-state index contributed by atoms with van der Waals surface area (Å²) < 4.78 is 28.7. The highest BCUT2D eigenvalue weighted by atomic mass is 32.2. The van der Waals surface area contributed by atoms with Crippen molar-refractivity contribution in [3.05, 3.63) is 65.9 Å². The maximum Gasteiger partial charge on any atom is 0.308 e. The summed E-state index contributed by atoms with van der Waals surface area (Å²) >= 11 is 1.92. The molecule has 5 nitrogen and oxygen atoms in total. The van der Waals surface area contributed by atoms with Gasteiger partial charge in [-0.25, -0.2) is 0 Å². The van der Waals surface area contributed by atoms with Gasteiger partial charge >= 0.3 is 10.1 Å². The molecular formula is C24H30N2O3S2. The number of benzene rings is 2. The topological polar surface area (TPSA) is 62.4 Å². The number of aromatic nitrogens is 1. The van der Waals surface area contributed by atoms with E-state index >= 15 is 0 Å². The molecule has 1 aliphatic heterocycles. The van der Waals surface area contributed by atoms with Gasteiger partial charge < -0.3 is 14.1 Å². The number of H-pyrrole nitrogens is 1. The summed E-state index contributed by atoms with van der Waals surface area (Å²) in [7, 11) is -3.51. The second-order valence-corrected chi connectivity index (χ2v) is 11.0. The Labute approximate surface area is 189 Å². The quantitative estimate of drug-likeness (QED) is 0.361. The summed E-state index contributed by atoms with van der Waals surface area (Å²) in [6.45, 7) is 5.02. The minimum Gasteiger partial charge on any atom is -0.382 e.